The van der Waals surface area contributed by atoms with Crippen LogP contribution in [0.4, 0.5) is 0 Å². The summed E-state index contributed by atoms with van der Waals surface area (Å²) in [5.41, 5.74) is 3.64. The Labute approximate surface area is 192 Å². The van der Waals surface area contributed by atoms with E-state index >= 15 is 0 Å². The normalized spacial score (nSPS) is 55.7. The molecule has 1 heteroatoms. The summed E-state index contributed by atoms with van der Waals surface area (Å²) in [6, 6.07) is 0. The van der Waals surface area contributed by atoms with Crippen molar-refractivity contribution in [3.05, 3.63) is 11.6 Å². The smallest absolute Gasteiger partial charge is 0.0594 e. The van der Waals surface area contributed by atoms with Gasteiger partial charge in [0.05, 0.1) is 6.10 Å². The minimum Gasteiger partial charge on any atom is -0.393 e. The molecule has 0 aromatic rings. The largest absolute Gasteiger partial charge is 0.393 e. The number of hydrogen-bond donors (Lipinski definition) is 1. The van der Waals surface area contributed by atoms with E-state index < -0.39 is 0 Å². The number of allylic oxidation sites excluding steroid dienone is 2. The van der Waals surface area contributed by atoms with Crippen LogP contribution < -0.4 is 0 Å². The summed E-state index contributed by atoms with van der Waals surface area (Å²) in [5.74, 6) is 3.92. The minimum absolute atomic E-state index is 0.0541. The van der Waals surface area contributed by atoms with Crippen LogP contribution >= 0.6 is 0 Å². The molecule has 0 radical (unpaired) electrons. The van der Waals surface area contributed by atoms with Crippen LogP contribution in [0.25, 0.3) is 0 Å². The molecule has 5 rings (SSSR count). The topological polar surface area (TPSA) is 20.2 Å². The third-order valence-electron chi connectivity index (χ3n) is 13.1. The molecule has 0 aromatic carbocycles. The minimum atomic E-state index is -0.124. The van der Waals surface area contributed by atoms with Crippen molar-refractivity contribution < 1.29 is 5.11 Å². The molecule has 0 aromatic heterocycles. The van der Waals surface area contributed by atoms with Crippen molar-refractivity contribution in [1.29, 1.82) is 0 Å². The van der Waals surface area contributed by atoms with E-state index in [-0.39, 0.29) is 11.5 Å². The van der Waals surface area contributed by atoms with Crippen LogP contribution in [0.1, 0.15) is 113 Å². The van der Waals surface area contributed by atoms with Gasteiger partial charge in [-0.25, -0.2) is 0 Å². The Kier molecular flexibility index (Phi) is 4.82. The molecular formula is C30H50O. The first-order valence-corrected chi connectivity index (χ1v) is 13.7. The molecule has 1 N–H and O–H groups in total. The molecule has 1 nitrogen and oxygen atoms in total. The molecule has 4 fully saturated rings. The average Bonchev–Trinajstić information content (AvgIpc) is 3.04. The Hall–Kier alpha value is -0.300. The van der Waals surface area contributed by atoms with Gasteiger partial charge in [-0.2, -0.15) is 0 Å². The van der Waals surface area contributed by atoms with Crippen LogP contribution in [0, 0.1) is 56.7 Å². The van der Waals surface area contributed by atoms with Crippen molar-refractivity contribution >= 4 is 0 Å². The fourth-order valence-corrected chi connectivity index (χ4v) is 10.9. The molecule has 5 aliphatic rings. The van der Waals surface area contributed by atoms with Gasteiger partial charge < -0.3 is 5.11 Å². The quantitative estimate of drug-likeness (QED) is 0.421. The predicted molar refractivity (Wildman–Crippen MR) is 131 cm³/mol. The molecular weight excluding hydrogens is 376 g/mol. The Balaban J connectivity index is 1.59. The maximum absolute atomic E-state index is 10.9. The first-order valence-electron chi connectivity index (χ1n) is 13.7. The third-order valence-corrected chi connectivity index (χ3v) is 13.1. The molecule has 0 bridgehead atoms. The van der Waals surface area contributed by atoms with E-state index in [1.165, 1.54) is 51.4 Å². The second-order valence-electron chi connectivity index (χ2n) is 14.7. The lowest BCUT2D eigenvalue weighted by atomic mass is 9.34. The fourth-order valence-electron chi connectivity index (χ4n) is 10.9. The van der Waals surface area contributed by atoms with Crippen molar-refractivity contribution in [2.45, 2.75) is 119 Å². The molecule has 0 heterocycles. The molecule has 31 heavy (non-hydrogen) atoms. The zero-order valence-corrected chi connectivity index (χ0v) is 21.9. The molecule has 0 aliphatic heterocycles. The Morgan fingerprint density at radius 3 is 2.23 bits per heavy atom. The maximum Gasteiger partial charge on any atom is 0.0594 e. The molecule has 0 amide bonds. The van der Waals surface area contributed by atoms with Gasteiger partial charge in [-0.3, -0.25) is 0 Å². The lowest BCUT2D eigenvalue weighted by molar-refractivity contribution is -0.201. The highest BCUT2D eigenvalue weighted by Crippen LogP contribution is 2.76. The maximum atomic E-state index is 10.9. The van der Waals surface area contributed by atoms with E-state index in [0.29, 0.717) is 27.6 Å². The first-order chi connectivity index (χ1) is 14.3. The van der Waals surface area contributed by atoms with Crippen molar-refractivity contribution in [1.82, 2.24) is 0 Å². The zero-order valence-electron chi connectivity index (χ0n) is 21.9. The fraction of sp³-hybridized carbons (Fsp3) is 0.933. The van der Waals surface area contributed by atoms with Gasteiger partial charge in [0.1, 0.15) is 0 Å². The van der Waals surface area contributed by atoms with Crippen LogP contribution in [0.2, 0.25) is 0 Å². The standard InChI is InChI=1S/C30H50O/c1-19(2)20-11-14-27(5)17-18-29(7)21(25(20)27)9-10-23-28(6)15-13-24(31)26(3,4)22(28)12-16-30(23,29)8/h9,19-20,22-25,31H,10-18H2,1-8H3/t20-,22-,23-,24-,25+,27+,28-,29+,30+/m0/s1. The molecule has 176 valence electrons. The highest BCUT2D eigenvalue weighted by molar-refractivity contribution is 5.34. The highest BCUT2D eigenvalue weighted by atomic mass is 16.3. The summed E-state index contributed by atoms with van der Waals surface area (Å²) < 4.78 is 0. The van der Waals surface area contributed by atoms with Crippen molar-refractivity contribution in [2.75, 3.05) is 0 Å². The molecule has 9 atom stereocenters. The van der Waals surface area contributed by atoms with Gasteiger partial charge >= 0.3 is 0 Å². The summed E-state index contributed by atoms with van der Waals surface area (Å²) in [4.78, 5) is 0. The monoisotopic (exact) mass is 426 g/mol. The number of hydrogen-bond acceptors (Lipinski definition) is 1. The van der Waals surface area contributed by atoms with E-state index in [1.54, 1.807) is 0 Å². The SMILES string of the molecule is CC(C)[C@@H]1CC[C@]2(C)CC[C@]3(C)C(=CC[C@H]4[C@@]5(C)CC[C@H](O)C(C)(C)[C@@H]5CC[C@]43C)[C@@H]12. The summed E-state index contributed by atoms with van der Waals surface area (Å²) in [6.07, 6.45) is 14.6. The van der Waals surface area contributed by atoms with E-state index in [4.69, 9.17) is 0 Å². The Bertz CT molecular complexity index is 777. The van der Waals surface area contributed by atoms with Crippen LogP contribution in [0.15, 0.2) is 11.6 Å². The van der Waals surface area contributed by atoms with Gasteiger partial charge in [0.2, 0.25) is 0 Å². The third kappa shape index (κ3) is 2.65. The Morgan fingerprint density at radius 1 is 0.839 bits per heavy atom. The van der Waals surface area contributed by atoms with Gasteiger partial charge in [0, 0.05) is 0 Å². The van der Waals surface area contributed by atoms with E-state index in [1.807, 2.05) is 5.57 Å². The molecule has 0 spiro atoms. The van der Waals surface area contributed by atoms with Crippen LogP contribution in [-0.4, -0.2) is 11.2 Å². The van der Waals surface area contributed by atoms with Crippen LogP contribution in [-0.2, 0) is 0 Å². The average molecular weight is 427 g/mol. The summed E-state index contributed by atoms with van der Waals surface area (Å²) >= 11 is 0. The van der Waals surface area contributed by atoms with Gasteiger partial charge in [0.25, 0.3) is 0 Å². The first kappa shape index (κ1) is 22.5. The molecule has 0 saturated heterocycles. The lowest BCUT2D eigenvalue weighted by Crippen LogP contribution is -2.64. The molecule has 5 aliphatic carbocycles. The number of rotatable bonds is 1. The van der Waals surface area contributed by atoms with Crippen molar-refractivity contribution in [3.63, 3.8) is 0 Å². The summed E-state index contributed by atoms with van der Waals surface area (Å²) in [6.45, 7) is 20.4. The van der Waals surface area contributed by atoms with E-state index in [2.05, 4.69) is 61.5 Å². The van der Waals surface area contributed by atoms with Crippen LogP contribution in [0.3, 0.4) is 0 Å². The molecule has 0 unspecified atom stereocenters. The second kappa shape index (κ2) is 6.64. The van der Waals surface area contributed by atoms with Crippen LogP contribution in [0.5, 0.6) is 0 Å². The van der Waals surface area contributed by atoms with Gasteiger partial charge in [-0.05, 0) is 114 Å². The number of aliphatic hydroxyl groups is 1. The Morgan fingerprint density at radius 2 is 1.55 bits per heavy atom. The van der Waals surface area contributed by atoms with Gasteiger partial charge in [-0.1, -0.05) is 67.0 Å². The van der Waals surface area contributed by atoms with E-state index in [0.717, 1.165) is 30.1 Å². The second-order valence-corrected chi connectivity index (χ2v) is 14.7. The highest BCUT2D eigenvalue weighted by Gasteiger charge is 2.68. The number of aliphatic hydroxyl groups excluding tert-OH is 1. The lowest BCUT2D eigenvalue weighted by Gasteiger charge is -2.70. The zero-order chi connectivity index (χ0) is 22.6. The number of fused-ring (bicyclic) bond motifs is 7. The van der Waals surface area contributed by atoms with E-state index in [9.17, 15) is 5.11 Å². The predicted octanol–water partition coefficient (Wildman–Crippen LogP) is 8.02. The van der Waals surface area contributed by atoms with Gasteiger partial charge in [0.15, 0.2) is 0 Å². The molecule has 4 saturated carbocycles. The van der Waals surface area contributed by atoms with Gasteiger partial charge in [-0.15, -0.1) is 0 Å². The summed E-state index contributed by atoms with van der Waals surface area (Å²) in [7, 11) is 0. The van der Waals surface area contributed by atoms with Crippen molar-refractivity contribution in [2.24, 2.45) is 56.7 Å². The van der Waals surface area contributed by atoms with Crippen molar-refractivity contribution in [3.8, 4) is 0 Å². The summed E-state index contributed by atoms with van der Waals surface area (Å²) in [5, 5.41) is 10.9.